The van der Waals surface area contributed by atoms with E-state index in [4.69, 9.17) is 4.98 Å². The van der Waals surface area contributed by atoms with E-state index in [9.17, 15) is 4.79 Å². The van der Waals surface area contributed by atoms with Gasteiger partial charge in [-0.05, 0) is 47.2 Å². The maximum Gasteiger partial charge on any atom is 0.251 e. The number of amides is 1. The Morgan fingerprint density at radius 1 is 0.969 bits per heavy atom. The highest BCUT2D eigenvalue weighted by atomic mass is 16.1. The van der Waals surface area contributed by atoms with Crippen LogP contribution in [0.15, 0.2) is 73.1 Å². The van der Waals surface area contributed by atoms with E-state index < -0.39 is 0 Å². The average molecular weight is 427 g/mol. The van der Waals surface area contributed by atoms with Gasteiger partial charge >= 0.3 is 0 Å². The molecule has 2 heterocycles. The normalized spacial score (nSPS) is 11.6. The lowest BCUT2D eigenvalue weighted by Gasteiger charge is -2.19. The van der Waals surface area contributed by atoms with Crippen LogP contribution in [0.5, 0.6) is 0 Å². The van der Waals surface area contributed by atoms with E-state index in [0.29, 0.717) is 12.1 Å². The Balaban J connectivity index is 1.46. The van der Waals surface area contributed by atoms with Crippen molar-refractivity contribution in [1.82, 2.24) is 19.9 Å². The largest absolute Gasteiger partial charge is 0.352 e. The summed E-state index contributed by atoms with van der Waals surface area (Å²) in [5.41, 5.74) is 5.52. The van der Waals surface area contributed by atoms with E-state index in [0.717, 1.165) is 36.2 Å². The number of pyridine rings is 1. The second-order valence-corrected chi connectivity index (χ2v) is 9.15. The first-order valence-electron chi connectivity index (χ1n) is 11.1. The van der Waals surface area contributed by atoms with Gasteiger partial charge in [0.25, 0.3) is 5.91 Å². The van der Waals surface area contributed by atoms with Crippen molar-refractivity contribution in [2.45, 2.75) is 45.6 Å². The lowest BCUT2D eigenvalue weighted by Crippen LogP contribution is -2.25. The fourth-order valence-corrected chi connectivity index (χ4v) is 3.84. The number of aryl methyl sites for hydroxylation is 1. The van der Waals surface area contributed by atoms with E-state index in [-0.39, 0.29) is 11.3 Å². The zero-order chi connectivity index (χ0) is 22.6. The van der Waals surface area contributed by atoms with Crippen LogP contribution in [0.1, 0.15) is 54.5 Å². The third kappa shape index (κ3) is 5.05. The summed E-state index contributed by atoms with van der Waals surface area (Å²) < 4.78 is 2.30. The van der Waals surface area contributed by atoms with Crippen LogP contribution in [0.25, 0.3) is 11.0 Å². The maximum atomic E-state index is 12.2. The molecular formula is C27H30N4O. The van der Waals surface area contributed by atoms with Crippen molar-refractivity contribution in [2.75, 3.05) is 6.54 Å². The van der Waals surface area contributed by atoms with E-state index in [1.54, 1.807) is 24.5 Å². The van der Waals surface area contributed by atoms with Crippen LogP contribution in [-0.4, -0.2) is 27.0 Å². The molecule has 164 valence electrons. The summed E-state index contributed by atoms with van der Waals surface area (Å²) in [6.45, 7) is 8.08. The number of nitrogens with one attached hydrogen (secondary N) is 1. The van der Waals surface area contributed by atoms with E-state index in [1.807, 2.05) is 6.07 Å². The molecule has 5 nitrogen and oxygen atoms in total. The second-order valence-electron chi connectivity index (χ2n) is 9.15. The molecule has 4 aromatic rings. The minimum atomic E-state index is -0.0696. The molecule has 0 aliphatic rings. The summed E-state index contributed by atoms with van der Waals surface area (Å²) in [5.74, 6) is 0.976. The smallest absolute Gasteiger partial charge is 0.251 e. The first-order chi connectivity index (χ1) is 15.4. The molecule has 1 amide bonds. The van der Waals surface area contributed by atoms with Gasteiger partial charge in [-0.2, -0.15) is 0 Å². The van der Waals surface area contributed by atoms with E-state index in [2.05, 4.69) is 78.1 Å². The van der Waals surface area contributed by atoms with Crippen LogP contribution >= 0.6 is 0 Å². The van der Waals surface area contributed by atoms with Crippen molar-refractivity contribution in [3.05, 3.63) is 95.6 Å². The Morgan fingerprint density at radius 2 is 1.69 bits per heavy atom. The van der Waals surface area contributed by atoms with Gasteiger partial charge in [-0.25, -0.2) is 4.98 Å². The fraction of sp³-hybridized carbons (Fsp3) is 0.296. The standard InChI is InChI=1S/C27H30N4O/c1-27(2,3)22-12-10-20(11-13-22)19-31-24-8-5-4-7-23(24)30-25(31)9-6-16-29-26(32)21-14-17-28-18-15-21/h4-5,7-8,10-15,17-18H,6,9,16,19H2,1-3H3,(H,29,32). The summed E-state index contributed by atoms with van der Waals surface area (Å²) in [7, 11) is 0. The molecular weight excluding hydrogens is 396 g/mol. The number of nitrogens with zero attached hydrogens (tertiary/aromatic N) is 3. The third-order valence-electron chi connectivity index (χ3n) is 5.70. The number of para-hydroxylation sites is 2. The number of benzene rings is 2. The Morgan fingerprint density at radius 3 is 2.41 bits per heavy atom. The number of rotatable bonds is 7. The molecule has 0 atom stereocenters. The van der Waals surface area contributed by atoms with Gasteiger partial charge < -0.3 is 9.88 Å². The molecule has 0 unspecified atom stereocenters. The SMILES string of the molecule is CC(C)(C)c1ccc(Cn2c(CCCNC(=O)c3ccncc3)nc3ccccc32)cc1. The van der Waals surface area contributed by atoms with Gasteiger partial charge in [0.2, 0.25) is 0 Å². The van der Waals surface area contributed by atoms with Crippen LogP contribution in [-0.2, 0) is 18.4 Å². The van der Waals surface area contributed by atoms with Crippen molar-refractivity contribution in [2.24, 2.45) is 0 Å². The molecule has 4 rings (SSSR count). The maximum absolute atomic E-state index is 12.2. The highest BCUT2D eigenvalue weighted by Crippen LogP contribution is 2.24. The Hall–Kier alpha value is -3.47. The minimum Gasteiger partial charge on any atom is -0.352 e. The van der Waals surface area contributed by atoms with Crippen LogP contribution in [0, 0.1) is 0 Å². The molecule has 5 heteroatoms. The predicted octanol–water partition coefficient (Wildman–Crippen LogP) is 5.14. The average Bonchev–Trinajstić information content (AvgIpc) is 3.14. The summed E-state index contributed by atoms with van der Waals surface area (Å²) in [5, 5.41) is 2.99. The van der Waals surface area contributed by atoms with Gasteiger partial charge in [-0.3, -0.25) is 9.78 Å². The second kappa shape index (κ2) is 9.35. The first-order valence-corrected chi connectivity index (χ1v) is 11.1. The summed E-state index contributed by atoms with van der Waals surface area (Å²) in [6, 6.07) is 20.6. The van der Waals surface area contributed by atoms with Gasteiger partial charge in [0.1, 0.15) is 5.82 Å². The number of hydrogen-bond acceptors (Lipinski definition) is 3. The zero-order valence-electron chi connectivity index (χ0n) is 19.0. The monoisotopic (exact) mass is 426 g/mol. The van der Waals surface area contributed by atoms with Crippen LogP contribution in [0.4, 0.5) is 0 Å². The lowest BCUT2D eigenvalue weighted by molar-refractivity contribution is 0.0953. The Labute approximate surface area is 189 Å². The molecule has 0 saturated heterocycles. The molecule has 1 N–H and O–H groups in total. The van der Waals surface area contributed by atoms with Crippen LogP contribution < -0.4 is 5.32 Å². The molecule has 0 spiro atoms. The molecule has 0 radical (unpaired) electrons. The number of hydrogen-bond donors (Lipinski definition) is 1. The quantitative estimate of drug-likeness (QED) is 0.416. The van der Waals surface area contributed by atoms with Crippen molar-refractivity contribution in [3.8, 4) is 0 Å². The third-order valence-corrected chi connectivity index (χ3v) is 5.70. The molecule has 0 saturated carbocycles. The van der Waals surface area contributed by atoms with Crippen molar-refractivity contribution in [1.29, 1.82) is 0 Å². The first kappa shape index (κ1) is 21.8. The number of carbonyl (C=O) groups is 1. The fourth-order valence-electron chi connectivity index (χ4n) is 3.84. The summed E-state index contributed by atoms with van der Waals surface area (Å²) in [6.07, 6.45) is 4.88. The van der Waals surface area contributed by atoms with Crippen LogP contribution in [0.3, 0.4) is 0 Å². The van der Waals surface area contributed by atoms with Gasteiger partial charge in [-0.15, -0.1) is 0 Å². The van der Waals surface area contributed by atoms with E-state index in [1.165, 1.54) is 11.1 Å². The molecule has 0 aliphatic heterocycles. The topological polar surface area (TPSA) is 59.8 Å². The van der Waals surface area contributed by atoms with Crippen LogP contribution in [0.2, 0.25) is 0 Å². The molecule has 0 fully saturated rings. The summed E-state index contributed by atoms with van der Waals surface area (Å²) >= 11 is 0. The van der Waals surface area contributed by atoms with Gasteiger partial charge in [0, 0.05) is 37.5 Å². The molecule has 2 aromatic carbocycles. The van der Waals surface area contributed by atoms with Gasteiger partial charge in [0.05, 0.1) is 11.0 Å². The van der Waals surface area contributed by atoms with Crippen molar-refractivity contribution >= 4 is 16.9 Å². The molecule has 32 heavy (non-hydrogen) atoms. The minimum absolute atomic E-state index is 0.0696. The number of fused-ring (bicyclic) bond motifs is 1. The molecule has 2 aromatic heterocycles. The van der Waals surface area contributed by atoms with Gasteiger partial charge in [0.15, 0.2) is 0 Å². The zero-order valence-corrected chi connectivity index (χ0v) is 19.0. The highest BCUT2D eigenvalue weighted by molar-refractivity contribution is 5.93. The number of aromatic nitrogens is 3. The van der Waals surface area contributed by atoms with Crippen molar-refractivity contribution in [3.63, 3.8) is 0 Å². The Kier molecular flexibility index (Phi) is 6.35. The lowest BCUT2D eigenvalue weighted by atomic mass is 9.87. The summed E-state index contributed by atoms with van der Waals surface area (Å²) in [4.78, 5) is 21.1. The van der Waals surface area contributed by atoms with E-state index >= 15 is 0 Å². The molecule has 0 bridgehead atoms. The number of imidazole rings is 1. The number of carbonyl (C=O) groups excluding carboxylic acids is 1. The predicted molar refractivity (Wildman–Crippen MR) is 129 cm³/mol. The Bertz CT molecular complexity index is 1190. The highest BCUT2D eigenvalue weighted by Gasteiger charge is 2.14. The van der Waals surface area contributed by atoms with Crippen molar-refractivity contribution < 1.29 is 4.79 Å². The van der Waals surface area contributed by atoms with Gasteiger partial charge in [-0.1, -0.05) is 57.2 Å². The molecule has 0 aliphatic carbocycles.